The van der Waals surface area contributed by atoms with Crippen LogP contribution in [-0.4, -0.2) is 10.9 Å². The molecule has 0 atom stereocenters. The SMILES string of the molecule is NC(=O)c1ccc(Nc2c3ccccc3nc3occ(Cl)c23)cc1. The Hall–Kier alpha value is -3.05. The molecule has 5 nitrogen and oxygen atoms in total. The molecule has 6 heteroatoms. The van der Waals surface area contributed by atoms with Gasteiger partial charge in [-0.3, -0.25) is 4.79 Å². The summed E-state index contributed by atoms with van der Waals surface area (Å²) in [7, 11) is 0. The van der Waals surface area contributed by atoms with Crippen molar-refractivity contribution in [3.8, 4) is 0 Å². The summed E-state index contributed by atoms with van der Waals surface area (Å²) >= 11 is 6.28. The summed E-state index contributed by atoms with van der Waals surface area (Å²) < 4.78 is 5.44. The molecule has 0 bridgehead atoms. The number of halogens is 1. The molecule has 0 saturated heterocycles. The number of rotatable bonds is 3. The van der Waals surface area contributed by atoms with Crippen molar-refractivity contribution in [3.63, 3.8) is 0 Å². The van der Waals surface area contributed by atoms with E-state index in [1.165, 1.54) is 6.26 Å². The lowest BCUT2D eigenvalue weighted by molar-refractivity contribution is 0.100. The van der Waals surface area contributed by atoms with Gasteiger partial charge in [0.1, 0.15) is 6.26 Å². The number of nitrogens with two attached hydrogens (primary N) is 1. The second kappa shape index (κ2) is 5.54. The van der Waals surface area contributed by atoms with E-state index in [4.69, 9.17) is 21.8 Å². The summed E-state index contributed by atoms with van der Waals surface area (Å²) in [6, 6.07) is 14.6. The second-order valence-corrected chi connectivity index (χ2v) is 5.74. The Morgan fingerprint density at radius 2 is 1.88 bits per heavy atom. The molecule has 118 valence electrons. The van der Waals surface area contributed by atoms with Gasteiger partial charge in [-0.05, 0) is 30.3 Å². The van der Waals surface area contributed by atoms with Gasteiger partial charge in [0.15, 0.2) is 0 Å². The number of nitrogens with zero attached hydrogens (tertiary/aromatic N) is 1. The van der Waals surface area contributed by atoms with Crippen LogP contribution < -0.4 is 11.1 Å². The van der Waals surface area contributed by atoms with Gasteiger partial charge in [-0.25, -0.2) is 4.98 Å². The number of benzene rings is 2. The van der Waals surface area contributed by atoms with E-state index in [1.807, 2.05) is 24.3 Å². The van der Waals surface area contributed by atoms with Crippen molar-refractivity contribution in [1.82, 2.24) is 4.98 Å². The smallest absolute Gasteiger partial charge is 0.248 e. The maximum Gasteiger partial charge on any atom is 0.248 e. The summed E-state index contributed by atoms with van der Waals surface area (Å²) in [4.78, 5) is 15.7. The number of anilines is 2. The van der Waals surface area contributed by atoms with Crippen LogP contribution in [0.4, 0.5) is 11.4 Å². The van der Waals surface area contributed by atoms with Crippen molar-refractivity contribution >= 4 is 50.9 Å². The van der Waals surface area contributed by atoms with Crippen LogP contribution in [0.2, 0.25) is 5.02 Å². The Balaban J connectivity index is 1.90. The van der Waals surface area contributed by atoms with Crippen molar-refractivity contribution in [2.24, 2.45) is 5.73 Å². The van der Waals surface area contributed by atoms with E-state index in [2.05, 4.69) is 10.3 Å². The van der Waals surface area contributed by atoms with Crippen molar-refractivity contribution in [3.05, 3.63) is 65.4 Å². The Morgan fingerprint density at radius 3 is 2.62 bits per heavy atom. The minimum absolute atomic E-state index is 0.451. The van der Waals surface area contributed by atoms with E-state index in [0.717, 1.165) is 22.3 Å². The number of aromatic nitrogens is 1. The molecule has 4 rings (SSSR count). The molecule has 2 heterocycles. The lowest BCUT2D eigenvalue weighted by Gasteiger charge is -2.11. The van der Waals surface area contributed by atoms with Crippen LogP contribution in [-0.2, 0) is 0 Å². The van der Waals surface area contributed by atoms with E-state index in [0.29, 0.717) is 21.7 Å². The van der Waals surface area contributed by atoms with Crippen molar-refractivity contribution in [2.75, 3.05) is 5.32 Å². The third-order valence-electron chi connectivity index (χ3n) is 3.81. The minimum Gasteiger partial charge on any atom is -0.444 e. The van der Waals surface area contributed by atoms with Crippen molar-refractivity contribution in [1.29, 1.82) is 0 Å². The third-order valence-corrected chi connectivity index (χ3v) is 4.09. The zero-order valence-corrected chi connectivity index (χ0v) is 13.2. The Kier molecular flexibility index (Phi) is 3.36. The maximum absolute atomic E-state index is 11.2. The first-order valence-corrected chi connectivity index (χ1v) is 7.63. The number of furan rings is 1. The fraction of sp³-hybridized carbons (Fsp3) is 0. The van der Waals surface area contributed by atoms with Crippen molar-refractivity contribution in [2.45, 2.75) is 0 Å². The molecular formula is C18H12ClN3O2. The molecule has 0 unspecified atom stereocenters. The second-order valence-electron chi connectivity index (χ2n) is 5.33. The molecule has 1 amide bonds. The fourth-order valence-corrected chi connectivity index (χ4v) is 2.87. The summed E-state index contributed by atoms with van der Waals surface area (Å²) in [6.45, 7) is 0. The monoisotopic (exact) mass is 337 g/mol. The summed E-state index contributed by atoms with van der Waals surface area (Å²) in [6.07, 6.45) is 1.47. The molecule has 2 aromatic carbocycles. The van der Waals surface area contributed by atoms with Gasteiger partial charge in [0.2, 0.25) is 11.6 Å². The van der Waals surface area contributed by atoms with Crippen LogP contribution in [0.15, 0.2) is 59.2 Å². The first-order chi connectivity index (χ1) is 11.6. The van der Waals surface area contributed by atoms with Crippen LogP contribution >= 0.6 is 11.6 Å². The first kappa shape index (κ1) is 14.5. The number of hydrogen-bond donors (Lipinski definition) is 2. The quantitative estimate of drug-likeness (QED) is 0.577. The molecule has 0 radical (unpaired) electrons. The van der Waals surface area contributed by atoms with Crippen LogP contribution in [0.5, 0.6) is 0 Å². The number of nitrogens with one attached hydrogen (secondary N) is 1. The molecular weight excluding hydrogens is 326 g/mol. The molecule has 4 aromatic rings. The van der Waals surface area contributed by atoms with E-state index in [1.54, 1.807) is 24.3 Å². The number of carbonyl (C=O) groups excluding carboxylic acids is 1. The lowest BCUT2D eigenvalue weighted by atomic mass is 10.1. The average Bonchev–Trinajstić information content (AvgIpc) is 2.96. The molecule has 0 saturated carbocycles. The van der Waals surface area contributed by atoms with Crippen molar-refractivity contribution < 1.29 is 9.21 Å². The van der Waals surface area contributed by atoms with E-state index in [9.17, 15) is 4.79 Å². The van der Waals surface area contributed by atoms with Gasteiger partial charge in [0, 0.05) is 16.6 Å². The molecule has 0 fully saturated rings. The van der Waals surface area contributed by atoms with Gasteiger partial charge in [0.25, 0.3) is 0 Å². The number of amides is 1. The highest BCUT2D eigenvalue weighted by molar-refractivity contribution is 6.37. The number of primary amides is 1. The van der Waals surface area contributed by atoms with E-state index >= 15 is 0 Å². The van der Waals surface area contributed by atoms with Gasteiger partial charge < -0.3 is 15.5 Å². The number of fused-ring (bicyclic) bond motifs is 2. The third kappa shape index (κ3) is 2.35. The largest absolute Gasteiger partial charge is 0.444 e. The highest BCUT2D eigenvalue weighted by Crippen LogP contribution is 2.38. The normalized spacial score (nSPS) is 11.0. The molecule has 3 N–H and O–H groups in total. The first-order valence-electron chi connectivity index (χ1n) is 7.26. The average molecular weight is 338 g/mol. The maximum atomic E-state index is 11.2. The van der Waals surface area contributed by atoms with Gasteiger partial charge in [-0.1, -0.05) is 29.8 Å². The van der Waals surface area contributed by atoms with Crippen LogP contribution in [0, 0.1) is 0 Å². The Labute approximate surface area is 142 Å². The van der Waals surface area contributed by atoms with Crippen LogP contribution in [0.3, 0.4) is 0 Å². The molecule has 0 aliphatic heterocycles. The fourth-order valence-electron chi connectivity index (χ4n) is 2.65. The van der Waals surface area contributed by atoms with E-state index < -0.39 is 5.91 Å². The lowest BCUT2D eigenvalue weighted by Crippen LogP contribution is -2.10. The molecule has 0 aliphatic rings. The van der Waals surface area contributed by atoms with Crippen LogP contribution in [0.25, 0.3) is 22.0 Å². The van der Waals surface area contributed by atoms with Gasteiger partial charge >= 0.3 is 0 Å². The van der Waals surface area contributed by atoms with E-state index in [-0.39, 0.29) is 0 Å². The summed E-state index contributed by atoms with van der Waals surface area (Å²) in [5, 5.41) is 5.47. The van der Waals surface area contributed by atoms with Gasteiger partial charge in [0.05, 0.1) is 21.6 Å². The summed E-state index contributed by atoms with van der Waals surface area (Å²) in [5.41, 5.74) is 8.60. The zero-order valence-electron chi connectivity index (χ0n) is 12.4. The Bertz CT molecular complexity index is 1070. The predicted molar refractivity (Wildman–Crippen MR) is 94.8 cm³/mol. The van der Waals surface area contributed by atoms with Gasteiger partial charge in [-0.15, -0.1) is 0 Å². The standard InChI is InChI=1S/C18H12ClN3O2/c19-13-9-24-18-15(13)16(12-3-1-2-4-14(12)22-18)21-11-7-5-10(6-8-11)17(20)23/h1-9H,(H2,20,23)(H,21,22). The number of carbonyl (C=O) groups is 1. The minimum atomic E-state index is -0.462. The molecule has 2 aromatic heterocycles. The molecule has 0 aliphatic carbocycles. The highest BCUT2D eigenvalue weighted by atomic mass is 35.5. The Morgan fingerprint density at radius 1 is 1.12 bits per heavy atom. The highest BCUT2D eigenvalue weighted by Gasteiger charge is 2.15. The molecule has 0 spiro atoms. The zero-order chi connectivity index (χ0) is 16.7. The van der Waals surface area contributed by atoms with Gasteiger partial charge in [-0.2, -0.15) is 0 Å². The number of hydrogen-bond acceptors (Lipinski definition) is 4. The predicted octanol–water partition coefficient (Wildman–Crippen LogP) is 4.48. The topological polar surface area (TPSA) is 81.2 Å². The number of para-hydroxylation sites is 1. The molecule has 24 heavy (non-hydrogen) atoms. The summed E-state index contributed by atoms with van der Waals surface area (Å²) in [5.74, 6) is -0.462. The van der Waals surface area contributed by atoms with Crippen LogP contribution in [0.1, 0.15) is 10.4 Å². The number of pyridine rings is 1.